The van der Waals surface area contributed by atoms with Crippen LogP contribution in [0.1, 0.15) is 31.7 Å². The molecule has 0 bridgehead atoms. The summed E-state index contributed by atoms with van der Waals surface area (Å²) in [5.41, 5.74) is 2.80. The molecular weight excluding hydrogens is 447 g/mol. The van der Waals surface area contributed by atoms with Gasteiger partial charge >= 0.3 is 6.61 Å². The molecule has 0 fully saturated rings. The number of ether oxygens (including phenoxy) is 1. The van der Waals surface area contributed by atoms with E-state index in [1.807, 2.05) is 18.2 Å². The van der Waals surface area contributed by atoms with Crippen LogP contribution in [-0.2, 0) is 6.42 Å². The van der Waals surface area contributed by atoms with E-state index in [9.17, 15) is 17.6 Å². The quantitative estimate of drug-likeness (QED) is 0.184. The molecule has 0 saturated heterocycles. The van der Waals surface area contributed by atoms with Gasteiger partial charge in [-0.05, 0) is 52.6 Å². The summed E-state index contributed by atoms with van der Waals surface area (Å²) in [6.45, 7) is -1.18. The molecule has 4 aromatic carbocycles. The minimum absolute atomic E-state index is 0.151. The zero-order chi connectivity index (χ0) is 24.2. The van der Waals surface area contributed by atoms with Crippen molar-refractivity contribution in [2.75, 3.05) is 0 Å². The third kappa shape index (κ3) is 5.06. The number of rotatable bonds is 8. The van der Waals surface area contributed by atoms with E-state index in [4.69, 9.17) is 0 Å². The van der Waals surface area contributed by atoms with Crippen molar-refractivity contribution in [1.82, 2.24) is 0 Å². The highest BCUT2D eigenvalue weighted by molar-refractivity contribution is 5.89. The average molecular weight is 470 g/mol. The van der Waals surface area contributed by atoms with Gasteiger partial charge in [0.1, 0.15) is 5.82 Å². The van der Waals surface area contributed by atoms with Gasteiger partial charge in [0.15, 0.2) is 17.4 Å². The highest BCUT2D eigenvalue weighted by Crippen LogP contribution is 2.33. The second-order valence-corrected chi connectivity index (χ2v) is 8.16. The molecule has 0 spiro atoms. The number of hydrogen-bond acceptors (Lipinski definition) is 1. The number of halogens is 5. The van der Waals surface area contributed by atoms with Crippen molar-refractivity contribution >= 4 is 10.8 Å². The highest BCUT2D eigenvalue weighted by atomic mass is 19.3. The molecule has 0 unspecified atom stereocenters. The molecule has 0 N–H and O–H groups in total. The molecule has 176 valence electrons. The Morgan fingerprint density at radius 2 is 1.41 bits per heavy atom. The van der Waals surface area contributed by atoms with Crippen LogP contribution in [0, 0.1) is 17.5 Å². The molecule has 34 heavy (non-hydrogen) atoms. The van der Waals surface area contributed by atoms with Gasteiger partial charge < -0.3 is 4.74 Å². The first-order chi connectivity index (χ1) is 16.4. The summed E-state index contributed by atoms with van der Waals surface area (Å²) in [4.78, 5) is 0. The zero-order valence-corrected chi connectivity index (χ0v) is 18.6. The molecule has 4 aromatic rings. The minimum Gasteiger partial charge on any atom is -0.429 e. The fourth-order valence-corrected chi connectivity index (χ4v) is 4.07. The van der Waals surface area contributed by atoms with E-state index in [1.165, 1.54) is 5.56 Å². The predicted molar refractivity (Wildman–Crippen MR) is 125 cm³/mol. The lowest BCUT2D eigenvalue weighted by molar-refractivity contribution is -0.0546. The summed E-state index contributed by atoms with van der Waals surface area (Å²) in [6.07, 6.45) is 4.37. The van der Waals surface area contributed by atoms with Crippen molar-refractivity contribution in [2.45, 2.75) is 39.2 Å². The van der Waals surface area contributed by atoms with Crippen LogP contribution in [0.4, 0.5) is 22.0 Å². The van der Waals surface area contributed by atoms with Crippen LogP contribution in [0.3, 0.4) is 0 Å². The smallest absolute Gasteiger partial charge is 0.387 e. The van der Waals surface area contributed by atoms with Crippen molar-refractivity contribution < 1.29 is 26.7 Å². The van der Waals surface area contributed by atoms with E-state index in [-0.39, 0.29) is 11.4 Å². The maximum atomic E-state index is 15.3. The summed E-state index contributed by atoms with van der Waals surface area (Å²) in [6, 6.07) is 17.7. The van der Waals surface area contributed by atoms with Gasteiger partial charge in [0.05, 0.1) is 0 Å². The molecule has 0 atom stereocenters. The molecule has 0 saturated carbocycles. The second-order valence-electron chi connectivity index (χ2n) is 8.16. The molecule has 0 aliphatic rings. The molecule has 0 aliphatic heterocycles. The van der Waals surface area contributed by atoms with Gasteiger partial charge in [0.2, 0.25) is 0 Å². The third-order valence-corrected chi connectivity index (χ3v) is 5.82. The number of benzene rings is 4. The number of hydrogen-bond donors (Lipinski definition) is 0. The number of fused-ring (bicyclic) bond motifs is 1. The molecule has 0 aliphatic carbocycles. The van der Waals surface area contributed by atoms with Crippen LogP contribution >= 0.6 is 0 Å². The standard InChI is InChI=1S/C28H23F5O/c1-2-3-4-5-17-6-12-23-20(14-17)11-13-22(26(23)31)19-9-7-18(8-10-19)21-15-24(29)27(25(30)16-21)34-28(32)33/h6-16,28H,2-5H2,1H3. The topological polar surface area (TPSA) is 9.23 Å². The molecule has 1 nitrogen and oxygen atoms in total. The predicted octanol–water partition coefficient (Wildman–Crippen LogP) is 8.93. The Morgan fingerprint density at radius 1 is 0.735 bits per heavy atom. The van der Waals surface area contributed by atoms with Crippen LogP contribution in [0.15, 0.2) is 66.7 Å². The van der Waals surface area contributed by atoms with Gasteiger partial charge in [0.25, 0.3) is 0 Å². The third-order valence-electron chi connectivity index (χ3n) is 5.82. The van der Waals surface area contributed by atoms with Gasteiger partial charge in [-0.2, -0.15) is 8.78 Å². The zero-order valence-electron chi connectivity index (χ0n) is 18.6. The van der Waals surface area contributed by atoms with E-state index in [2.05, 4.69) is 11.7 Å². The molecular formula is C28H23F5O. The van der Waals surface area contributed by atoms with Crippen molar-refractivity contribution in [2.24, 2.45) is 0 Å². The Kier molecular flexibility index (Phi) is 7.15. The summed E-state index contributed by atoms with van der Waals surface area (Å²) < 4.78 is 72.0. The summed E-state index contributed by atoms with van der Waals surface area (Å²) in [7, 11) is 0. The summed E-state index contributed by atoms with van der Waals surface area (Å²) in [5, 5.41) is 1.36. The van der Waals surface area contributed by atoms with Crippen molar-refractivity contribution in [3.8, 4) is 28.0 Å². The molecule has 4 rings (SSSR count). The first kappa shape index (κ1) is 23.7. The van der Waals surface area contributed by atoms with Gasteiger partial charge in [-0.1, -0.05) is 74.4 Å². The molecule has 0 aromatic heterocycles. The average Bonchev–Trinajstić information content (AvgIpc) is 2.82. The number of aryl methyl sites for hydroxylation is 1. The van der Waals surface area contributed by atoms with E-state index >= 15 is 4.39 Å². The van der Waals surface area contributed by atoms with Crippen LogP contribution in [-0.4, -0.2) is 6.61 Å². The maximum Gasteiger partial charge on any atom is 0.387 e. The van der Waals surface area contributed by atoms with E-state index in [0.717, 1.165) is 43.2 Å². The Hall–Kier alpha value is -3.41. The largest absolute Gasteiger partial charge is 0.429 e. The number of unbranched alkanes of at least 4 members (excludes halogenated alkanes) is 2. The van der Waals surface area contributed by atoms with Crippen LogP contribution in [0.5, 0.6) is 5.75 Å². The fraction of sp³-hybridized carbons (Fsp3) is 0.214. The van der Waals surface area contributed by atoms with Crippen molar-refractivity contribution in [1.29, 1.82) is 0 Å². The summed E-state index contributed by atoms with van der Waals surface area (Å²) in [5.74, 6) is -3.92. The maximum absolute atomic E-state index is 15.3. The van der Waals surface area contributed by atoms with Crippen LogP contribution in [0.25, 0.3) is 33.0 Å². The lowest BCUT2D eigenvalue weighted by atomic mass is 9.96. The van der Waals surface area contributed by atoms with E-state index in [1.54, 1.807) is 36.4 Å². The Morgan fingerprint density at radius 3 is 2.06 bits per heavy atom. The molecule has 0 heterocycles. The van der Waals surface area contributed by atoms with Gasteiger partial charge in [-0.25, -0.2) is 13.2 Å². The molecule has 0 radical (unpaired) electrons. The Balaban J connectivity index is 1.61. The Labute approximate surface area is 194 Å². The SMILES string of the molecule is CCCCCc1ccc2c(F)c(-c3ccc(-c4cc(F)c(OC(F)F)c(F)c4)cc3)ccc2c1. The first-order valence-electron chi connectivity index (χ1n) is 11.1. The van der Waals surface area contributed by atoms with E-state index in [0.29, 0.717) is 22.1 Å². The monoisotopic (exact) mass is 470 g/mol. The normalized spacial score (nSPS) is 11.4. The van der Waals surface area contributed by atoms with E-state index < -0.39 is 24.0 Å². The molecule has 0 amide bonds. The van der Waals surface area contributed by atoms with Gasteiger partial charge in [-0.15, -0.1) is 0 Å². The minimum atomic E-state index is -3.33. The lowest BCUT2D eigenvalue weighted by Crippen LogP contribution is -2.06. The van der Waals surface area contributed by atoms with Gasteiger partial charge in [-0.3, -0.25) is 0 Å². The van der Waals surface area contributed by atoms with Gasteiger partial charge in [0, 0.05) is 10.9 Å². The first-order valence-corrected chi connectivity index (χ1v) is 11.1. The van der Waals surface area contributed by atoms with Crippen molar-refractivity contribution in [3.63, 3.8) is 0 Å². The van der Waals surface area contributed by atoms with Crippen LogP contribution in [0.2, 0.25) is 0 Å². The molecule has 6 heteroatoms. The van der Waals surface area contributed by atoms with Crippen molar-refractivity contribution in [3.05, 3.63) is 89.7 Å². The second kappa shape index (κ2) is 10.2. The highest BCUT2D eigenvalue weighted by Gasteiger charge is 2.18. The Bertz CT molecular complexity index is 1280. The number of alkyl halides is 2. The lowest BCUT2D eigenvalue weighted by Gasteiger charge is -2.11. The fourth-order valence-electron chi connectivity index (χ4n) is 4.07. The summed E-state index contributed by atoms with van der Waals surface area (Å²) >= 11 is 0. The van der Waals surface area contributed by atoms with Crippen LogP contribution < -0.4 is 4.74 Å².